The SMILES string of the molecule is CC(C)(C)OC(=O)N1C2CCCC1C(=CSCc1ccncc1)C2. The average molecular weight is 346 g/mol. The molecule has 24 heavy (non-hydrogen) atoms. The van der Waals surface area contributed by atoms with E-state index in [1.165, 1.54) is 17.6 Å². The van der Waals surface area contributed by atoms with Crippen LogP contribution in [-0.4, -0.2) is 33.7 Å². The molecular weight excluding hydrogens is 320 g/mol. The first kappa shape index (κ1) is 17.3. The number of aromatic nitrogens is 1. The summed E-state index contributed by atoms with van der Waals surface area (Å²) in [6.07, 6.45) is 7.83. The molecule has 2 unspecified atom stereocenters. The van der Waals surface area contributed by atoms with Crippen LogP contribution in [0, 0.1) is 0 Å². The standard InChI is InChI=1S/C19H26N2O2S/c1-19(2,3)23-18(22)21-16-5-4-6-17(21)15(11-16)13-24-12-14-7-9-20-10-8-14/h7-10,13,16-17H,4-6,11-12H2,1-3H3. The highest BCUT2D eigenvalue weighted by Crippen LogP contribution is 2.41. The van der Waals surface area contributed by atoms with E-state index in [0.29, 0.717) is 6.04 Å². The fourth-order valence-electron chi connectivity index (χ4n) is 3.49. The van der Waals surface area contributed by atoms with Crippen LogP contribution in [0.4, 0.5) is 4.79 Å². The monoisotopic (exact) mass is 346 g/mol. The molecule has 1 aromatic heterocycles. The average Bonchev–Trinajstić information content (AvgIpc) is 2.73. The summed E-state index contributed by atoms with van der Waals surface area (Å²) < 4.78 is 5.63. The van der Waals surface area contributed by atoms with Crippen LogP contribution in [0.5, 0.6) is 0 Å². The van der Waals surface area contributed by atoms with Crippen molar-refractivity contribution in [1.82, 2.24) is 9.88 Å². The number of hydrogen-bond donors (Lipinski definition) is 0. The smallest absolute Gasteiger partial charge is 0.411 e. The quantitative estimate of drug-likeness (QED) is 0.791. The van der Waals surface area contributed by atoms with Gasteiger partial charge in [0.25, 0.3) is 0 Å². The number of rotatable bonds is 3. The Labute approximate surface area is 148 Å². The number of carbonyl (C=O) groups excluding carboxylic acids is 1. The maximum atomic E-state index is 12.6. The van der Waals surface area contributed by atoms with E-state index < -0.39 is 5.60 Å². The molecule has 1 amide bonds. The minimum absolute atomic E-state index is 0.153. The van der Waals surface area contributed by atoms with Crippen molar-refractivity contribution in [2.75, 3.05) is 0 Å². The lowest BCUT2D eigenvalue weighted by Crippen LogP contribution is -2.46. The van der Waals surface area contributed by atoms with Crippen molar-refractivity contribution in [3.63, 3.8) is 0 Å². The Kier molecular flexibility index (Phi) is 5.18. The molecule has 2 aliphatic rings. The summed E-state index contributed by atoms with van der Waals surface area (Å²) in [5.74, 6) is 0.940. The molecule has 2 saturated heterocycles. The van der Waals surface area contributed by atoms with E-state index in [2.05, 4.69) is 10.4 Å². The normalized spacial score (nSPS) is 25.1. The Morgan fingerprint density at radius 1 is 1.38 bits per heavy atom. The van der Waals surface area contributed by atoms with E-state index in [0.717, 1.165) is 25.0 Å². The van der Waals surface area contributed by atoms with Gasteiger partial charge in [0.2, 0.25) is 0 Å². The molecule has 1 aromatic rings. The van der Waals surface area contributed by atoms with Gasteiger partial charge < -0.3 is 4.74 Å². The third-order valence-corrected chi connectivity index (χ3v) is 5.45. The maximum Gasteiger partial charge on any atom is 0.411 e. The molecule has 2 fully saturated rings. The molecular formula is C19H26N2O2S. The van der Waals surface area contributed by atoms with E-state index in [4.69, 9.17) is 4.74 Å². The second-order valence-corrected chi connectivity index (χ2v) is 8.41. The number of fused-ring (bicyclic) bond motifs is 2. The third kappa shape index (κ3) is 4.12. The van der Waals surface area contributed by atoms with Crippen LogP contribution in [0.2, 0.25) is 0 Å². The first-order valence-corrected chi connectivity index (χ1v) is 9.70. The number of thioether (sulfide) groups is 1. The number of carbonyl (C=O) groups is 1. The Morgan fingerprint density at radius 2 is 2.12 bits per heavy atom. The number of ether oxygens (including phenoxy) is 1. The molecule has 130 valence electrons. The highest BCUT2D eigenvalue weighted by atomic mass is 32.2. The van der Waals surface area contributed by atoms with Gasteiger partial charge in [0.05, 0.1) is 6.04 Å². The van der Waals surface area contributed by atoms with Gasteiger partial charge in [-0.05, 0) is 75.1 Å². The molecule has 0 aliphatic carbocycles. The highest BCUT2D eigenvalue weighted by Gasteiger charge is 2.44. The zero-order chi connectivity index (χ0) is 17.2. The number of nitrogens with zero attached hydrogens (tertiary/aromatic N) is 2. The van der Waals surface area contributed by atoms with Crippen molar-refractivity contribution < 1.29 is 9.53 Å². The summed E-state index contributed by atoms with van der Waals surface area (Å²) in [5, 5.41) is 2.27. The van der Waals surface area contributed by atoms with Crippen LogP contribution in [-0.2, 0) is 10.5 Å². The lowest BCUT2D eigenvalue weighted by atomic mass is 10.0. The third-order valence-electron chi connectivity index (χ3n) is 4.48. The molecule has 3 heterocycles. The molecule has 0 aromatic carbocycles. The first-order valence-electron chi connectivity index (χ1n) is 8.65. The van der Waals surface area contributed by atoms with Crippen molar-refractivity contribution in [2.45, 2.75) is 69.9 Å². The van der Waals surface area contributed by atoms with Crippen molar-refractivity contribution in [1.29, 1.82) is 0 Å². The second kappa shape index (κ2) is 7.18. The van der Waals surface area contributed by atoms with Gasteiger partial charge in [-0.15, -0.1) is 11.8 Å². The molecule has 0 radical (unpaired) electrons. The summed E-state index contributed by atoms with van der Waals surface area (Å²) in [6, 6.07) is 4.63. The Balaban J connectivity index is 1.65. The first-order chi connectivity index (χ1) is 11.4. The zero-order valence-corrected chi connectivity index (χ0v) is 15.5. The Hall–Kier alpha value is -1.49. The summed E-state index contributed by atoms with van der Waals surface area (Å²) in [7, 11) is 0. The summed E-state index contributed by atoms with van der Waals surface area (Å²) in [4.78, 5) is 18.6. The molecule has 2 bridgehead atoms. The number of piperidine rings is 1. The van der Waals surface area contributed by atoms with Gasteiger partial charge in [0.1, 0.15) is 5.60 Å². The summed E-state index contributed by atoms with van der Waals surface area (Å²) in [5.41, 5.74) is 2.23. The van der Waals surface area contributed by atoms with Gasteiger partial charge in [-0.1, -0.05) is 0 Å². The Morgan fingerprint density at radius 3 is 2.83 bits per heavy atom. The van der Waals surface area contributed by atoms with Crippen LogP contribution < -0.4 is 0 Å². The highest BCUT2D eigenvalue weighted by molar-refractivity contribution is 8.01. The van der Waals surface area contributed by atoms with Crippen molar-refractivity contribution in [2.24, 2.45) is 0 Å². The molecule has 3 rings (SSSR count). The van der Waals surface area contributed by atoms with Crippen molar-refractivity contribution >= 4 is 17.9 Å². The molecule has 0 saturated carbocycles. The summed E-state index contributed by atoms with van der Waals surface area (Å²) >= 11 is 1.81. The fourth-order valence-corrected chi connectivity index (χ4v) is 4.43. The lowest BCUT2D eigenvalue weighted by molar-refractivity contribution is 0.00918. The summed E-state index contributed by atoms with van der Waals surface area (Å²) in [6.45, 7) is 5.79. The zero-order valence-electron chi connectivity index (χ0n) is 14.7. The molecule has 0 spiro atoms. The number of amides is 1. The van der Waals surface area contributed by atoms with E-state index in [1.54, 1.807) is 0 Å². The van der Waals surface area contributed by atoms with E-state index in [9.17, 15) is 4.79 Å². The van der Waals surface area contributed by atoms with Gasteiger partial charge in [-0.3, -0.25) is 9.88 Å². The molecule has 2 atom stereocenters. The lowest BCUT2D eigenvalue weighted by Gasteiger charge is -2.35. The number of hydrogen-bond acceptors (Lipinski definition) is 4. The Bertz CT molecular complexity index is 610. The minimum Gasteiger partial charge on any atom is -0.444 e. The van der Waals surface area contributed by atoms with Crippen molar-refractivity contribution in [3.05, 3.63) is 41.1 Å². The molecule has 4 nitrogen and oxygen atoms in total. The topological polar surface area (TPSA) is 42.4 Å². The molecule has 2 aliphatic heterocycles. The predicted molar refractivity (Wildman–Crippen MR) is 97.7 cm³/mol. The van der Waals surface area contributed by atoms with Gasteiger partial charge in [-0.25, -0.2) is 4.79 Å². The number of pyridine rings is 1. The maximum absolute atomic E-state index is 12.6. The molecule has 0 N–H and O–H groups in total. The minimum atomic E-state index is -0.437. The van der Waals surface area contributed by atoms with Gasteiger partial charge in [0, 0.05) is 24.2 Å². The largest absolute Gasteiger partial charge is 0.444 e. The van der Waals surface area contributed by atoms with Gasteiger partial charge in [-0.2, -0.15) is 0 Å². The fraction of sp³-hybridized carbons (Fsp3) is 0.579. The van der Waals surface area contributed by atoms with Gasteiger partial charge in [0.15, 0.2) is 0 Å². The van der Waals surface area contributed by atoms with Gasteiger partial charge >= 0.3 is 6.09 Å². The van der Waals surface area contributed by atoms with Crippen molar-refractivity contribution in [3.8, 4) is 0 Å². The van der Waals surface area contributed by atoms with E-state index in [1.807, 2.05) is 62.0 Å². The predicted octanol–water partition coefficient (Wildman–Crippen LogP) is 4.76. The van der Waals surface area contributed by atoms with E-state index in [-0.39, 0.29) is 12.1 Å². The van der Waals surface area contributed by atoms with Crippen LogP contribution >= 0.6 is 11.8 Å². The second-order valence-electron chi connectivity index (χ2n) is 7.55. The van der Waals surface area contributed by atoms with Crippen LogP contribution in [0.25, 0.3) is 0 Å². The van der Waals surface area contributed by atoms with Crippen LogP contribution in [0.15, 0.2) is 35.5 Å². The molecule has 5 heteroatoms. The van der Waals surface area contributed by atoms with E-state index >= 15 is 0 Å². The van der Waals surface area contributed by atoms with Crippen LogP contribution in [0.3, 0.4) is 0 Å². The van der Waals surface area contributed by atoms with Crippen LogP contribution in [0.1, 0.15) is 52.0 Å².